The van der Waals surface area contributed by atoms with Gasteiger partial charge in [-0.25, -0.2) is 4.99 Å². The molecule has 0 aromatic carbocycles. The summed E-state index contributed by atoms with van der Waals surface area (Å²) in [5.74, 6) is -0.698. The number of nitrogens with zero attached hydrogens (tertiary/aromatic N) is 2. The number of nitrogens with two attached hydrogens (primary N) is 1. The van der Waals surface area contributed by atoms with E-state index >= 15 is 0 Å². The van der Waals surface area contributed by atoms with E-state index in [4.69, 9.17) is 5.73 Å². The fraction of sp³-hybridized carbons (Fsp3) is 0.500. The Balaban J connectivity index is 0.00000441. The SMILES string of the molecule is CN(CC(F)(F)F)C(=O)CN=C(N)NCCc1cccs1.I. The van der Waals surface area contributed by atoms with Gasteiger partial charge in [0.05, 0.1) is 0 Å². The summed E-state index contributed by atoms with van der Waals surface area (Å²) in [5, 5.41) is 4.77. The highest BCUT2D eigenvalue weighted by Gasteiger charge is 2.30. The van der Waals surface area contributed by atoms with Gasteiger partial charge in [-0.05, 0) is 17.9 Å². The first-order chi connectivity index (χ1) is 9.78. The van der Waals surface area contributed by atoms with Crippen LogP contribution < -0.4 is 11.1 Å². The van der Waals surface area contributed by atoms with Crippen molar-refractivity contribution < 1.29 is 18.0 Å². The van der Waals surface area contributed by atoms with Crippen molar-refractivity contribution in [3.05, 3.63) is 22.4 Å². The Morgan fingerprint density at radius 1 is 1.50 bits per heavy atom. The minimum atomic E-state index is -4.42. The normalized spacial score (nSPS) is 11.7. The first-order valence-electron chi connectivity index (χ1n) is 6.15. The summed E-state index contributed by atoms with van der Waals surface area (Å²) in [6.07, 6.45) is -3.66. The van der Waals surface area contributed by atoms with Gasteiger partial charge in [0.1, 0.15) is 13.1 Å². The largest absolute Gasteiger partial charge is 0.406 e. The zero-order valence-electron chi connectivity index (χ0n) is 11.9. The quantitative estimate of drug-likeness (QED) is 0.395. The molecular weight excluding hydrogens is 432 g/mol. The molecule has 0 bridgehead atoms. The third-order valence-corrected chi connectivity index (χ3v) is 3.42. The fourth-order valence-corrected chi connectivity index (χ4v) is 2.16. The van der Waals surface area contributed by atoms with Crippen molar-refractivity contribution in [3.63, 3.8) is 0 Å². The van der Waals surface area contributed by atoms with Gasteiger partial charge in [0.15, 0.2) is 5.96 Å². The number of thiophene rings is 1. The summed E-state index contributed by atoms with van der Waals surface area (Å²) < 4.78 is 36.3. The molecule has 0 aliphatic heterocycles. The highest BCUT2D eigenvalue weighted by atomic mass is 127. The number of hydrogen-bond donors (Lipinski definition) is 2. The number of likely N-dealkylation sites (N-methyl/N-ethyl adjacent to an activating group) is 1. The van der Waals surface area contributed by atoms with E-state index in [0.29, 0.717) is 11.4 Å². The van der Waals surface area contributed by atoms with Gasteiger partial charge in [0.25, 0.3) is 0 Å². The van der Waals surface area contributed by atoms with Crippen LogP contribution in [0.3, 0.4) is 0 Å². The molecule has 0 saturated heterocycles. The molecule has 0 radical (unpaired) electrons. The van der Waals surface area contributed by atoms with Crippen molar-refractivity contribution in [2.24, 2.45) is 10.7 Å². The van der Waals surface area contributed by atoms with Gasteiger partial charge in [-0.2, -0.15) is 13.2 Å². The van der Waals surface area contributed by atoms with Crippen molar-refractivity contribution in [2.75, 3.05) is 26.7 Å². The number of amides is 1. The van der Waals surface area contributed by atoms with Crippen LogP contribution in [0.5, 0.6) is 0 Å². The van der Waals surface area contributed by atoms with E-state index < -0.39 is 25.2 Å². The maximum atomic E-state index is 12.1. The minimum absolute atomic E-state index is 0. The minimum Gasteiger partial charge on any atom is -0.370 e. The van der Waals surface area contributed by atoms with Crippen molar-refractivity contribution in [1.82, 2.24) is 10.2 Å². The Labute approximate surface area is 147 Å². The smallest absolute Gasteiger partial charge is 0.370 e. The molecule has 3 N–H and O–H groups in total. The molecule has 1 rings (SSSR count). The Kier molecular flexibility index (Phi) is 9.41. The third kappa shape index (κ3) is 9.07. The topological polar surface area (TPSA) is 70.7 Å². The Bertz CT molecular complexity index is 479. The molecule has 0 saturated carbocycles. The zero-order valence-corrected chi connectivity index (χ0v) is 15.0. The van der Waals surface area contributed by atoms with Gasteiger partial charge >= 0.3 is 6.18 Å². The van der Waals surface area contributed by atoms with Gasteiger partial charge in [0.2, 0.25) is 5.91 Å². The van der Waals surface area contributed by atoms with Gasteiger partial charge in [0, 0.05) is 18.5 Å². The van der Waals surface area contributed by atoms with Crippen LogP contribution >= 0.6 is 35.3 Å². The van der Waals surface area contributed by atoms with Crippen LogP contribution in [-0.4, -0.2) is 49.6 Å². The van der Waals surface area contributed by atoms with Gasteiger partial charge < -0.3 is 16.0 Å². The van der Waals surface area contributed by atoms with Crippen molar-refractivity contribution in [2.45, 2.75) is 12.6 Å². The van der Waals surface area contributed by atoms with Gasteiger partial charge in [-0.1, -0.05) is 6.07 Å². The highest BCUT2D eigenvalue weighted by molar-refractivity contribution is 14.0. The molecule has 0 unspecified atom stereocenters. The number of rotatable bonds is 6. The molecule has 126 valence electrons. The number of hydrogen-bond acceptors (Lipinski definition) is 3. The van der Waals surface area contributed by atoms with E-state index in [-0.39, 0.29) is 29.9 Å². The molecule has 0 aliphatic rings. The lowest BCUT2D eigenvalue weighted by Gasteiger charge is -2.17. The lowest BCUT2D eigenvalue weighted by molar-refractivity contribution is -0.157. The van der Waals surface area contributed by atoms with Crippen LogP contribution in [0.25, 0.3) is 0 Å². The van der Waals surface area contributed by atoms with Gasteiger partial charge in [-0.3, -0.25) is 4.79 Å². The van der Waals surface area contributed by atoms with E-state index in [0.717, 1.165) is 13.5 Å². The molecule has 1 amide bonds. The molecule has 1 heterocycles. The average molecular weight is 450 g/mol. The predicted molar refractivity (Wildman–Crippen MR) is 91.6 cm³/mol. The van der Waals surface area contributed by atoms with E-state index in [2.05, 4.69) is 10.3 Å². The first kappa shape index (κ1) is 21.0. The molecule has 1 aromatic heterocycles. The van der Waals surface area contributed by atoms with E-state index in [1.807, 2.05) is 17.5 Å². The summed E-state index contributed by atoms with van der Waals surface area (Å²) in [5.41, 5.74) is 5.54. The number of aliphatic imine (C=N–C) groups is 1. The highest BCUT2D eigenvalue weighted by Crippen LogP contribution is 2.15. The van der Waals surface area contributed by atoms with E-state index in [1.165, 1.54) is 4.88 Å². The summed E-state index contributed by atoms with van der Waals surface area (Å²) in [4.78, 5) is 16.9. The lowest BCUT2D eigenvalue weighted by atomic mass is 10.3. The molecule has 10 heteroatoms. The average Bonchev–Trinajstić information content (AvgIpc) is 2.87. The van der Waals surface area contributed by atoms with Crippen molar-refractivity contribution in [1.29, 1.82) is 0 Å². The van der Waals surface area contributed by atoms with Crippen LogP contribution in [0.15, 0.2) is 22.5 Å². The van der Waals surface area contributed by atoms with Crippen molar-refractivity contribution in [3.8, 4) is 0 Å². The van der Waals surface area contributed by atoms with Crippen molar-refractivity contribution >= 4 is 47.2 Å². The fourth-order valence-electron chi connectivity index (χ4n) is 1.46. The summed E-state index contributed by atoms with van der Waals surface area (Å²) in [6, 6.07) is 3.92. The molecule has 1 aromatic rings. The number of alkyl halides is 3. The summed E-state index contributed by atoms with van der Waals surface area (Å²) in [7, 11) is 1.08. The molecule has 0 atom stereocenters. The maximum Gasteiger partial charge on any atom is 0.406 e. The van der Waals surface area contributed by atoms with Crippen LogP contribution in [0.4, 0.5) is 13.2 Å². The Hall–Kier alpha value is -1.04. The summed E-state index contributed by atoms with van der Waals surface area (Å²) >= 11 is 1.61. The number of nitrogens with one attached hydrogen (secondary N) is 1. The second-order valence-corrected chi connectivity index (χ2v) is 5.35. The molecule has 0 spiro atoms. The number of halogens is 4. The molecule has 0 aliphatic carbocycles. The molecule has 22 heavy (non-hydrogen) atoms. The number of carbonyl (C=O) groups is 1. The van der Waals surface area contributed by atoms with E-state index in [1.54, 1.807) is 11.3 Å². The molecule has 0 fully saturated rings. The number of guanidine groups is 1. The van der Waals surface area contributed by atoms with Crippen LogP contribution in [-0.2, 0) is 11.2 Å². The number of carbonyl (C=O) groups excluding carboxylic acids is 1. The Morgan fingerprint density at radius 2 is 2.18 bits per heavy atom. The zero-order chi connectivity index (χ0) is 15.9. The standard InChI is InChI=1S/C12H17F3N4OS.HI/c1-19(8-12(13,14)15)10(20)7-18-11(16)17-5-4-9-3-2-6-21-9;/h2-3,6H,4-5,7-8H2,1H3,(H3,16,17,18);1H. The predicted octanol–water partition coefficient (Wildman–Crippen LogP) is 1.83. The van der Waals surface area contributed by atoms with Gasteiger partial charge in [-0.15, -0.1) is 35.3 Å². The van der Waals surface area contributed by atoms with E-state index in [9.17, 15) is 18.0 Å². The van der Waals surface area contributed by atoms with Crippen LogP contribution in [0, 0.1) is 0 Å². The monoisotopic (exact) mass is 450 g/mol. The first-order valence-corrected chi connectivity index (χ1v) is 7.03. The van der Waals surface area contributed by atoms with Crippen LogP contribution in [0.1, 0.15) is 4.88 Å². The lowest BCUT2D eigenvalue weighted by Crippen LogP contribution is -2.38. The van der Waals surface area contributed by atoms with Crippen LogP contribution in [0.2, 0.25) is 0 Å². The second-order valence-electron chi connectivity index (χ2n) is 4.32. The molecular formula is C12H18F3IN4OS. The molecule has 5 nitrogen and oxygen atoms in total. The summed E-state index contributed by atoms with van der Waals surface area (Å²) in [6.45, 7) is -1.17. The second kappa shape index (κ2) is 9.87. The maximum absolute atomic E-state index is 12.1. The third-order valence-electron chi connectivity index (χ3n) is 2.48. The Morgan fingerprint density at radius 3 is 2.73 bits per heavy atom.